The second-order valence-corrected chi connectivity index (χ2v) is 17.3. The molecule has 2 unspecified atom stereocenters. The first-order chi connectivity index (χ1) is 27.6. The second kappa shape index (κ2) is 12.2. The monoisotopic (exact) mass is 724 g/mol. The van der Waals surface area contributed by atoms with E-state index in [1.54, 1.807) is 5.56 Å². The molecule has 3 aliphatic carbocycles. The van der Waals surface area contributed by atoms with E-state index < -0.39 is 0 Å². The van der Waals surface area contributed by atoms with Crippen LogP contribution in [-0.4, -0.2) is 4.57 Å². The number of anilines is 3. The topological polar surface area (TPSA) is 21.3 Å². The number of aromatic nitrogens is 1. The van der Waals surface area contributed by atoms with Crippen LogP contribution in [0.4, 0.5) is 17.1 Å². The molecule has 3 heteroatoms. The summed E-state index contributed by atoms with van der Waals surface area (Å²) < 4.78 is 8.66. The van der Waals surface area contributed by atoms with Crippen LogP contribution in [0.25, 0.3) is 60.6 Å². The Kier molecular flexibility index (Phi) is 7.03. The molecule has 3 saturated carbocycles. The molecule has 0 aliphatic heterocycles. The fourth-order valence-corrected chi connectivity index (χ4v) is 11.7. The van der Waals surface area contributed by atoms with Gasteiger partial charge in [0.25, 0.3) is 0 Å². The van der Waals surface area contributed by atoms with Crippen molar-refractivity contribution in [3.63, 3.8) is 0 Å². The summed E-state index contributed by atoms with van der Waals surface area (Å²) in [4.78, 5) is 2.42. The third kappa shape index (κ3) is 4.89. The molecule has 2 bridgehead atoms. The van der Waals surface area contributed by atoms with Crippen molar-refractivity contribution in [2.45, 2.75) is 44.4 Å². The SMILES string of the molecule is C[C@H]1C[C@H]2C[C@H]3CC(c4ccc(N(c5ccc(-c6cccc(-n7c8ccccc8c8ccccc87)c6)cc5)c5ccc6oc7ccccc7c6c5)cc4)(CC23)C1. The summed E-state index contributed by atoms with van der Waals surface area (Å²) in [6, 6.07) is 60.3. The van der Waals surface area contributed by atoms with Gasteiger partial charge in [0.05, 0.1) is 11.0 Å². The van der Waals surface area contributed by atoms with Crippen LogP contribution in [0.1, 0.15) is 44.6 Å². The summed E-state index contributed by atoms with van der Waals surface area (Å²) in [5, 5.41) is 4.84. The lowest BCUT2D eigenvalue weighted by Gasteiger charge is -2.42. The van der Waals surface area contributed by atoms with Crippen LogP contribution in [0, 0.1) is 23.7 Å². The van der Waals surface area contributed by atoms with Crippen molar-refractivity contribution in [2.24, 2.45) is 23.7 Å². The summed E-state index contributed by atoms with van der Waals surface area (Å²) in [5.41, 5.74) is 13.2. The molecule has 0 radical (unpaired) electrons. The minimum absolute atomic E-state index is 0.341. The average molecular weight is 725 g/mol. The zero-order chi connectivity index (χ0) is 37.0. The minimum atomic E-state index is 0.341. The number of furan rings is 1. The van der Waals surface area contributed by atoms with Gasteiger partial charge in [0.1, 0.15) is 11.2 Å². The van der Waals surface area contributed by atoms with Crippen LogP contribution < -0.4 is 4.90 Å². The summed E-state index contributed by atoms with van der Waals surface area (Å²) in [6.07, 6.45) is 7.00. The van der Waals surface area contributed by atoms with Gasteiger partial charge in [0.2, 0.25) is 0 Å². The fraction of sp³-hybridized carbons (Fsp3) is 0.208. The van der Waals surface area contributed by atoms with E-state index in [0.29, 0.717) is 5.41 Å². The Morgan fingerprint density at radius 3 is 1.95 bits per heavy atom. The van der Waals surface area contributed by atoms with Crippen LogP contribution in [0.15, 0.2) is 168 Å². The standard InChI is InChI=1S/C53H44N2O/c1-34-27-37-28-38-32-53(31-34,33-48(37)38)39-19-23-41(24-20-39)54(43-25-26-52-47(30-43)46-13-4-7-16-51(46)56-52)40-21-17-35(18-22-40)36-9-8-10-42(29-36)55-49-14-5-2-11-44(49)45-12-3-6-15-50(45)55/h2-26,29-30,34,37-38,48H,27-28,31-33H2,1H3/t34-,37-,38-,48?,53?/m0/s1. The Morgan fingerprint density at radius 1 is 0.518 bits per heavy atom. The lowest BCUT2D eigenvalue weighted by Crippen LogP contribution is -2.34. The van der Waals surface area contributed by atoms with Crippen LogP contribution in [0.3, 0.4) is 0 Å². The first-order valence-electron chi connectivity index (χ1n) is 20.6. The predicted molar refractivity (Wildman–Crippen MR) is 233 cm³/mol. The average Bonchev–Trinajstić information content (AvgIpc) is 3.85. The molecule has 0 spiro atoms. The lowest BCUT2D eigenvalue weighted by molar-refractivity contribution is 0.0780. The van der Waals surface area contributed by atoms with Gasteiger partial charge >= 0.3 is 0 Å². The van der Waals surface area contributed by atoms with Crippen LogP contribution in [0.5, 0.6) is 0 Å². The minimum Gasteiger partial charge on any atom is -0.456 e. The molecule has 3 nitrogen and oxygen atoms in total. The van der Waals surface area contributed by atoms with E-state index in [2.05, 4.69) is 174 Å². The van der Waals surface area contributed by atoms with E-state index >= 15 is 0 Å². The maximum absolute atomic E-state index is 6.27. The zero-order valence-electron chi connectivity index (χ0n) is 31.7. The van der Waals surface area contributed by atoms with E-state index in [1.807, 2.05) is 6.07 Å². The van der Waals surface area contributed by atoms with Crippen molar-refractivity contribution in [3.05, 3.63) is 169 Å². The molecule has 0 saturated heterocycles. The summed E-state index contributed by atoms with van der Waals surface area (Å²) in [5.74, 6) is 3.68. The molecule has 3 aliphatic rings. The second-order valence-electron chi connectivity index (χ2n) is 17.3. The van der Waals surface area contributed by atoms with Gasteiger partial charge in [-0.15, -0.1) is 0 Å². The summed E-state index contributed by atoms with van der Waals surface area (Å²) in [7, 11) is 0. The Balaban J connectivity index is 0.941. The number of nitrogens with zero attached hydrogens (tertiary/aromatic N) is 2. The van der Waals surface area contributed by atoms with Gasteiger partial charge in [-0.25, -0.2) is 0 Å². The first-order valence-corrected chi connectivity index (χ1v) is 20.6. The number of rotatable bonds is 6. The lowest BCUT2D eigenvalue weighted by atomic mass is 9.63. The molecule has 272 valence electrons. The molecule has 2 heterocycles. The highest BCUT2D eigenvalue weighted by Gasteiger charge is 2.57. The van der Waals surface area contributed by atoms with Crippen molar-refractivity contribution in [2.75, 3.05) is 4.90 Å². The van der Waals surface area contributed by atoms with Gasteiger partial charge in [-0.05, 0) is 151 Å². The van der Waals surface area contributed by atoms with E-state index in [9.17, 15) is 0 Å². The number of hydrogen-bond acceptors (Lipinski definition) is 2. The van der Waals surface area contributed by atoms with Gasteiger partial charge in [-0.1, -0.05) is 97.9 Å². The molecule has 5 atom stereocenters. The Labute approximate surface area is 327 Å². The highest BCUT2D eigenvalue weighted by molar-refractivity contribution is 6.09. The van der Waals surface area contributed by atoms with E-state index in [-0.39, 0.29) is 0 Å². The molecular weight excluding hydrogens is 681 g/mol. The highest BCUT2D eigenvalue weighted by Crippen LogP contribution is 2.65. The molecule has 2 aromatic heterocycles. The molecule has 12 rings (SSSR count). The predicted octanol–water partition coefficient (Wildman–Crippen LogP) is 14.5. The number of benzene rings is 7. The summed E-state index contributed by atoms with van der Waals surface area (Å²) in [6.45, 7) is 2.51. The van der Waals surface area contributed by atoms with E-state index in [1.165, 1.54) is 76.4 Å². The number of hydrogen-bond donors (Lipinski definition) is 0. The molecule has 7 aromatic carbocycles. The van der Waals surface area contributed by atoms with Gasteiger partial charge < -0.3 is 13.9 Å². The quantitative estimate of drug-likeness (QED) is 0.170. The van der Waals surface area contributed by atoms with Crippen LogP contribution in [-0.2, 0) is 5.41 Å². The van der Waals surface area contributed by atoms with Crippen LogP contribution >= 0.6 is 0 Å². The number of fused-ring (bicyclic) bond motifs is 7. The van der Waals surface area contributed by atoms with Gasteiger partial charge in [-0.2, -0.15) is 0 Å². The molecular formula is C53H44N2O. The van der Waals surface area contributed by atoms with E-state index in [0.717, 1.165) is 57.0 Å². The van der Waals surface area contributed by atoms with E-state index in [4.69, 9.17) is 4.42 Å². The zero-order valence-corrected chi connectivity index (χ0v) is 31.7. The molecule has 0 amide bonds. The fourth-order valence-electron chi connectivity index (χ4n) is 11.7. The maximum atomic E-state index is 6.27. The maximum Gasteiger partial charge on any atom is 0.135 e. The highest BCUT2D eigenvalue weighted by atomic mass is 16.3. The van der Waals surface area contributed by atoms with Crippen molar-refractivity contribution < 1.29 is 4.42 Å². The van der Waals surface area contributed by atoms with Crippen molar-refractivity contribution in [1.82, 2.24) is 4.57 Å². The van der Waals surface area contributed by atoms with Crippen LogP contribution in [0.2, 0.25) is 0 Å². The molecule has 3 fully saturated rings. The first kappa shape index (κ1) is 32.2. The van der Waals surface area contributed by atoms with Gasteiger partial charge in [0.15, 0.2) is 0 Å². The Hall–Kier alpha value is -6.06. The third-order valence-corrected chi connectivity index (χ3v) is 14.0. The Bertz CT molecular complexity index is 2890. The summed E-state index contributed by atoms with van der Waals surface area (Å²) >= 11 is 0. The van der Waals surface area contributed by atoms with Crippen molar-refractivity contribution in [1.29, 1.82) is 0 Å². The van der Waals surface area contributed by atoms with Crippen molar-refractivity contribution >= 4 is 60.8 Å². The molecule has 56 heavy (non-hydrogen) atoms. The van der Waals surface area contributed by atoms with Gasteiger partial charge in [-0.3, -0.25) is 0 Å². The molecule has 9 aromatic rings. The Morgan fingerprint density at radius 2 is 1.18 bits per heavy atom. The third-order valence-electron chi connectivity index (χ3n) is 14.0. The van der Waals surface area contributed by atoms with Gasteiger partial charge in [0, 0.05) is 44.3 Å². The molecule has 0 N–H and O–H groups in total. The largest absolute Gasteiger partial charge is 0.456 e. The normalized spacial score (nSPS) is 22.8. The smallest absolute Gasteiger partial charge is 0.135 e. The number of para-hydroxylation sites is 3. The van der Waals surface area contributed by atoms with Crippen molar-refractivity contribution in [3.8, 4) is 16.8 Å².